The van der Waals surface area contributed by atoms with E-state index in [1.54, 1.807) is 0 Å². The summed E-state index contributed by atoms with van der Waals surface area (Å²) in [5.74, 6) is 0.0213. The molecule has 26 heavy (non-hydrogen) atoms. The number of hydrogen-bond donors (Lipinski definition) is 1. The van der Waals surface area contributed by atoms with E-state index < -0.39 is 0 Å². The molecule has 0 fully saturated rings. The molecule has 0 unspecified atom stereocenters. The number of nitrogens with one attached hydrogen (secondary N) is 1. The fourth-order valence-corrected chi connectivity index (χ4v) is 3.86. The first kappa shape index (κ1) is 16.9. The summed E-state index contributed by atoms with van der Waals surface area (Å²) in [6.45, 7) is 6.50. The smallest absolute Gasteiger partial charge is 0.244 e. The van der Waals surface area contributed by atoms with Crippen molar-refractivity contribution in [3.05, 3.63) is 64.8 Å². The predicted octanol–water partition coefficient (Wildman–Crippen LogP) is 3.88. The van der Waals surface area contributed by atoms with Crippen molar-refractivity contribution in [2.75, 3.05) is 18.9 Å². The van der Waals surface area contributed by atoms with E-state index >= 15 is 0 Å². The Labute approximate surface area is 154 Å². The Morgan fingerprint density at radius 1 is 1.08 bits per heavy atom. The minimum absolute atomic E-state index is 0.0213. The number of fused-ring (bicyclic) bond motifs is 3. The van der Waals surface area contributed by atoms with Gasteiger partial charge in [-0.1, -0.05) is 29.3 Å². The van der Waals surface area contributed by atoms with Gasteiger partial charge in [-0.15, -0.1) is 0 Å². The number of benzene rings is 2. The maximum absolute atomic E-state index is 12.7. The standard InChI is InChI=1S/C22H25N3O/c1-15-4-7-17(8-5-15)23-22(26)14-25-20-9-6-16(2)12-18(20)19-13-24(3)11-10-21(19)25/h4-9,12H,10-11,13-14H2,1-3H3,(H,23,26). The molecule has 1 amide bonds. The van der Waals surface area contributed by atoms with E-state index in [9.17, 15) is 4.79 Å². The van der Waals surface area contributed by atoms with E-state index in [0.29, 0.717) is 6.54 Å². The van der Waals surface area contributed by atoms with Crippen LogP contribution in [0.5, 0.6) is 0 Å². The second kappa shape index (κ2) is 6.61. The van der Waals surface area contributed by atoms with Crippen LogP contribution in [-0.2, 0) is 24.3 Å². The van der Waals surface area contributed by atoms with Gasteiger partial charge in [0.1, 0.15) is 6.54 Å². The molecule has 4 heteroatoms. The Hall–Kier alpha value is -2.59. The summed E-state index contributed by atoms with van der Waals surface area (Å²) in [5, 5.41) is 4.32. The molecule has 2 aromatic carbocycles. The topological polar surface area (TPSA) is 37.3 Å². The molecule has 0 saturated carbocycles. The second-order valence-electron chi connectivity index (χ2n) is 7.43. The van der Waals surface area contributed by atoms with Gasteiger partial charge < -0.3 is 14.8 Å². The van der Waals surface area contributed by atoms with Crippen molar-refractivity contribution in [2.45, 2.75) is 33.4 Å². The van der Waals surface area contributed by atoms with Crippen molar-refractivity contribution in [1.82, 2.24) is 9.47 Å². The Bertz CT molecular complexity index is 969. The van der Waals surface area contributed by atoms with Crippen LogP contribution in [0, 0.1) is 13.8 Å². The van der Waals surface area contributed by atoms with Crippen LogP contribution in [-0.4, -0.2) is 29.0 Å². The molecule has 0 aliphatic carbocycles. The Morgan fingerprint density at radius 2 is 1.81 bits per heavy atom. The van der Waals surface area contributed by atoms with Crippen LogP contribution in [0.2, 0.25) is 0 Å². The number of aromatic nitrogens is 1. The number of likely N-dealkylation sites (N-methyl/N-ethyl adjacent to an activating group) is 1. The third-order valence-electron chi connectivity index (χ3n) is 5.24. The Balaban J connectivity index is 1.67. The van der Waals surface area contributed by atoms with Crippen LogP contribution in [0.1, 0.15) is 22.4 Å². The number of rotatable bonds is 3. The Morgan fingerprint density at radius 3 is 2.58 bits per heavy atom. The van der Waals surface area contributed by atoms with E-state index in [1.165, 1.54) is 27.8 Å². The molecule has 134 valence electrons. The molecule has 0 saturated heterocycles. The van der Waals surface area contributed by atoms with Gasteiger partial charge in [0, 0.05) is 41.8 Å². The van der Waals surface area contributed by atoms with E-state index in [-0.39, 0.29) is 5.91 Å². The molecular weight excluding hydrogens is 322 g/mol. The number of carbonyl (C=O) groups is 1. The first-order chi connectivity index (χ1) is 12.5. The van der Waals surface area contributed by atoms with Gasteiger partial charge in [-0.3, -0.25) is 4.79 Å². The summed E-state index contributed by atoms with van der Waals surface area (Å²) in [4.78, 5) is 15.0. The lowest BCUT2D eigenvalue weighted by molar-refractivity contribution is -0.116. The third-order valence-corrected chi connectivity index (χ3v) is 5.24. The molecule has 4 rings (SSSR count). The molecule has 1 aromatic heterocycles. The number of aryl methyl sites for hydroxylation is 2. The van der Waals surface area contributed by atoms with Crippen molar-refractivity contribution in [3.63, 3.8) is 0 Å². The van der Waals surface area contributed by atoms with Crippen molar-refractivity contribution < 1.29 is 4.79 Å². The summed E-state index contributed by atoms with van der Waals surface area (Å²) in [7, 11) is 2.16. The highest BCUT2D eigenvalue weighted by Gasteiger charge is 2.23. The van der Waals surface area contributed by atoms with Gasteiger partial charge in [-0.05, 0) is 50.7 Å². The van der Waals surface area contributed by atoms with Crippen molar-refractivity contribution in [3.8, 4) is 0 Å². The number of carbonyl (C=O) groups excluding carboxylic acids is 1. The van der Waals surface area contributed by atoms with E-state index in [1.807, 2.05) is 31.2 Å². The van der Waals surface area contributed by atoms with Gasteiger partial charge in [0.25, 0.3) is 0 Å². The molecule has 0 atom stereocenters. The summed E-state index contributed by atoms with van der Waals surface area (Å²) >= 11 is 0. The van der Waals surface area contributed by atoms with Crippen LogP contribution in [0.4, 0.5) is 5.69 Å². The zero-order valence-corrected chi connectivity index (χ0v) is 15.7. The van der Waals surface area contributed by atoms with Crippen LogP contribution in [0.15, 0.2) is 42.5 Å². The largest absolute Gasteiger partial charge is 0.335 e. The fourth-order valence-electron chi connectivity index (χ4n) is 3.86. The van der Waals surface area contributed by atoms with Gasteiger partial charge in [0.2, 0.25) is 5.91 Å². The van der Waals surface area contributed by atoms with Crippen LogP contribution >= 0.6 is 0 Å². The lowest BCUT2D eigenvalue weighted by Gasteiger charge is -2.24. The predicted molar refractivity (Wildman–Crippen MR) is 107 cm³/mol. The summed E-state index contributed by atoms with van der Waals surface area (Å²) < 4.78 is 2.21. The SMILES string of the molecule is Cc1ccc(NC(=O)Cn2c3c(c4cc(C)ccc42)CN(C)CC3)cc1. The normalized spacial score (nSPS) is 14.4. The number of amides is 1. The van der Waals surface area contributed by atoms with Gasteiger partial charge in [0.05, 0.1) is 0 Å². The average molecular weight is 347 g/mol. The van der Waals surface area contributed by atoms with Crippen molar-refractivity contribution >= 4 is 22.5 Å². The molecule has 2 heterocycles. The van der Waals surface area contributed by atoms with Gasteiger partial charge in [-0.2, -0.15) is 0 Å². The minimum Gasteiger partial charge on any atom is -0.335 e. The molecule has 1 aliphatic heterocycles. The zero-order chi connectivity index (χ0) is 18.3. The number of nitrogens with zero attached hydrogens (tertiary/aromatic N) is 2. The highest BCUT2D eigenvalue weighted by Crippen LogP contribution is 2.31. The highest BCUT2D eigenvalue weighted by molar-refractivity contribution is 5.93. The molecule has 3 aromatic rings. The van der Waals surface area contributed by atoms with E-state index in [4.69, 9.17) is 0 Å². The fraction of sp³-hybridized carbons (Fsp3) is 0.318. The maximum atomic E-state index is 12.7. The quantitative estimate of drug-likeness (QED) is 0.780. The van der Waals surface area contributed by atoms with E-state index in [2.05, 4.69) is 47.0 Å². The van der Waals surface area contributed by atoms with Crippen molar-refractivity contribution in [2.24, 2.45) is 0 Å². The second-order valence-corrected chi connectivity index (χ2v) is 7.43. The van der Waals surface area contributed by atoms with Crippen LogP contribution < -0.4 is 5.32 Å². The molecular formula is C22H25N3O. The number of hydrogen-bond acceptors (Lipinski definition) is 2. The molecule has 0 bridgehead atoms. The molecule has 0 radical (unpaired) electrons. The zero-order valence-electron chi connectivity index (χ0n) is 15.7. The van der Waals surface area contributed by atoms with E-state index in [0.717, 1.165) is 30.7 Å². The monoisotopic (exact) mass is 347 g/mol. The summed E-state index contributed by atoms with van der Waals surface area (Å²) in [6, 6.07) is 14.5. The maximum Gasteiger partial charge on any atom is 0.244 e. The minimum atomic E-state index is 0.0213. The molecule has 4 nitrogen and oxygen atoms in total. The average Bonchev–Trinajstić information content (AvgIpc) is 2.89. The molecule has 1 N–H and O–H groups in total. The molecule has 0 spiro atoms. The summed E-state index contributed by atoms with van der Waals surface area (Å²) in [6.07, 6.45) is 0.984. The number of anilines is 1. The molecule has 1 aliphatic rings. The van der Waals surface area contributed by atoms with Gasteiger partial charge >= 0.3 is 0 Å². The summed E-state index contributed by atoms with van der Waals surface area (Å²) in [5.41, 5.74) is 7.14. The highest BCUT2D eigenvalue weighted by atomic mass is 16.1. The Kier molecular flexibility index (Phi) is 4.29. The lowest BCUT2D eigenvalue weighted by Crippen LogP contribution is -2.28. The van der Waals surface area contributed by atoms with Crippen molar-refractivity contribution in [1.29, 1.82) is 0 Å². The lowest BCUT2D eigenvalue weighted by atomic mass is 10.0. The van der Waals surface area contributed by atoms with Gasteiger partial charge in [0.15, 0.2) is 0 Å². The first-order valence-corrected chi connectivity index (χ1v) is 9.17. The first-order valence-electron chi connectivity index (χ1n) is 9.17. The van der Waals surface area contributed by atoms with Crippen LogP contribution in [0.3, 0.4) is 0 Å². The van der Waals surface area contributed by atoms with Gasteiger partial charge in [-0.25, -0.2) is 0 Å². The van der Waals surface area contributed by atoms with Crippen LogP contribution in [0.25, 0.3) is 10.9 Å². The third kappa shape index (κ3) is 3.13.